The number of carboxylic acid groups (broad SMARTS) is 1. The molecule has 16 heavy (non-hydrogen) atoms. The molecule has 0 aliphatic carbocycles. The lowest BCUT2D eigenvalue weighted by Gasteiger charge is -2.22. The van der Waals surface area contributed by atoms with E-state index in [9.17, 15) is 4.79 Å². The molecule has 0 saturated heterocycles. The van der Waals surface area contributed by atoms with E-state index in [0.717, 1.165) is 6.42 Å². The molecule has 1 unspecified atom stereocenters. The van der Waals surface area contributed by atoms with E-state index in [-0.39, 0.29) is 18.3 Å². The van der Waals surface area contributed by atoms with E-state index >= 15 is 0 Å². The maximum absolute atomic E-state index is 11.0. The van der Waals surface area contributed by atoms with E-state index < -0.39 is 5.97 Å². The summed E-state index contributed by atoms with van der Waals surface area (Å²) < 4.78 is 1.88. The average molecular weight is 225 g/mol. The fourth-order valence-electron chi connectivity index (χ4n) is 2.12. The Morgan fingerprint density at radius 2 is 2.38 bits per heavy atom. The first-order valence-electron chi connectivity index (χ1n) is 5.31. The summed E-state index contributed by atoms with van der Waals surface area (Å²) in [7, 11) is 0. The molecule has 0 spiro atoms. The van der Waals surface area contributed by atoms with Gasteiger partial charge in [-0.15, -0.1) is 0 Å². The van der Waals surface area contributed by atoms with Crippen LogP contribution in [0, 0.1) is 0 Å². The number of fused-ring (bicyclic) bond motifs is 1. The first-order valence-corrected chi connectivity index (χ1v) is 5.31. The van der Waals surface area contributed by atoms with Gasteiger partial charge in [-0.25, -0.2) is 9.78 Å². The minimum absolute atomic E-state index is 0.00396. The van der Waals surface area contributed by atoms with Crippen molar-refractivity contribution in [3.05, 3.63) is 17.2 Å². The lowest BCUT2D eigenvalue weighted by Crippen LogP contribution is -2.32. The van der Waals surface area contributed by atoms with Gasteiger partial charge in [-0.3, -0.25) is 0 Å². The Balaban J connectivity index is 2.44. The third kappa shape index (κ3) is 1.81. The first-order chi connectivity index (χ1) is 7.63. The lowest BCUT2D eigenvalue weighted by atomic mass is 10.0. The number of aliphatic hydroxyl groups is 1. The van der Waals surface area contributed by atoms with Crippen LogP contribution in [0.3, 0.4) is 0 Å². The van der Waals surface area contributed by atoms with Crippen LogP contribution in [-0.4, -0.2) is 38.4 Å². The van der Waals surface area contributed by atoms with Crippen molar-refractivity contribution in [2.24, 2.45) is 5.73 Å². The van der Waals surface area contributed by atoms with E-state index in [1.54, 1.807) is 0 Å². The number of rotatable bonds is 3. The smallest absolute Gasteiger partial charge is 0.356 e. The van der Waals surface area contributed by atoms with Gasteiger partial charge < -0.3 is 20.5 Å². The predicted octanol–water partition coefficient (Wildman–Crippen LogP) is -0.610. The van der Waals surface area contributed by atoms with E-state index in [1.807, 2.05) is 4.57 Å². The standard InChI is InChI=1S/C10H15N3O3/c11-6-1-3-13-7(5-6)9(10(15)16)12-8(13)2-4-14/h6,14H,1-5,11H2,(H,15,16). The van der Waals surface area contributed by atoms with Crippen LogP contribution in [0.25, 0.3) is 0 Å². The molecule has 0 amide bonds. The number of aliphatic hydroxyl groups excluding tert-OH is 1. The van der Waals surface area contributed by atoms with Gasteiger partial charge in [0.15, 0.2) is 5.69 Å². The quantitative estimate of drug-likeness (QED) is 0.637. The van der Waals surface area contributed by atoms with Crippen LogP contribution in [0.4, 0.5) is 0 Å². The molecule has 0 bridgehead atoms. The Morgan fingerprint density at radius 1 is 1.62 bits per heavy atom. The number of carbonyl (C=O) groups is 1. The molecule has 1 aliphatic rings. The molecule has 0 radical (unpaired) electrons. The van der Waals surface area contributed by atoms with Gasteiger partial charge >= 0.3 is 5.97 Å². The molecule has 1 aromatic heterocycles. The summed E-state index contributed by atoms with van der Waals surface area (Å²) in [4.78, 5) is 15.1. The number of nitrogens with two attached hydrogens (primary N) is 1. The van der Waals surface area contributed by atoms with Crippen LogP contribution in [-0.2, 0) is 19.4 Å². The summed E-state index contributed by atoms with van der Waals surface area (Å²) in [5.74, 6) is -0.385. The zero-order valence-corrected chi connectivity index (χ0v) is 8.89. The molecule has 4 N–H and O–H groups in total. The summed E-state index contributed by atoms with van der Waals surface area (Å²) >= 11 is 0. The Morgan fingerprint density at radius 3 is 3.00 bits per heavy atom. The van der Waals surface area contributed by atoms with E-state index in [0.29, 0.717) is 30.9 Å². The Hall–Kier alpha value is -1.40. The topological polar surface area (TPSA) is 101 Å². The Bertz CT molecular complexity index is 414. The van der Waals surface area contributed by atoms with Crippen molar-refractivity contribution in [2.45, 2.75) is 31.8 Å². The van der Waals surface area contributed by atoms with E-state index in [2.05, 4.69) is 4.98 Å². The maximum Gasteiger partial charge on any atom is 0.356 e. The van der Waals surface area contributed by atoms with Gasteiger partial charge in [0.25, 0.3) is 0 Å². The monoisotopic (exact) mass is 225 g/mol. The second-order valence-corrected chi connectivity index (χ2v) is 4.01. The molecule has 1 aliphatic heterocycles. The summed E-state index contributed by atoms with van der Waals surface area (Å²) in [6, 6.07) is 0.00396. The van der Waals surface area contributed by atoms with Crippen molar-refractivity contribution in [3.8, 4) is 0 Å². The minimum Gasteiger partial charge on any atom is -0.476 e. The molecule has 2 heterocycles. The molecule has 0 saturated carbocycles. The zero-order valence-electron chi connectivity index (χ0n) is 8.89. The van der Waals surface area contributed by atoms with Crippen molar-refractivity contribution >= 4 is 5.97 Å². The molecule has 1 atom stereocenters. The Kier molecular flexibility index (Phi) is 2.93. The summed E-state index contributed by atoms with van der Waals surface area (Å²) in [5.41, 5.74) is 6.59. The SMILES string of the molecule is NC1CCn2c(CCO)nc(C(=O)O)c2C1. The molecule has 0 fully saturated rings. The van der Waals surface area contributed by atoms with Gasteiger partial charge in [0.1, 0.15) is 5.82 Å². The van der Waals surface area contributed by atoms with E-state index in [1.165, 1.54) is 0 Å². The number of hydrogen-bond acceptors (Lipinski definition) is 4. The number of aromatic nitrogens is 2. The second kappa shape index (κ2) is 4.23. The highest BCUT2D eigenvalue weighted by molar-refractivity contribution is 5.87. The third-order valence-corrected chi connectivity index (χ3v) is 2.87. The molecule has 0 aromatic carbocycles. The second-order valence-electron chi connectivity index (χ2n) is 4.01. The van der Waals surface area contributed by atoms with Gasteiger partial charge in [0.05, 0.1) is 12.3 Å². The molecular weight excluding hydrogens is 210 g/mol. The zero-order chi connectivity index (χ0) is 11.7. The number of carboxylic acids is 1. The van der Waals surface area contributed by atoms with Gasteiger partial charge in [0.2, 0.25) is 0 Å². The first kappa shape index (κ1) is 11.1. The van der Waals surface area contributed by atoms with E-state index in [4.69, 9.17) is 15.9 Å². The molecule has 2 rings (SSSR count). The molecule has 88 valence electrons. The highest BCUT2D eigenvalue weighted by Gasteiger charge is 2.26. The van der Waals surface area contributed by atoms with Crippen molar-refractivity contribution in [3.63, 3.8) is 0 Å². The minimum atomic E-state index is -1.03. The fraction of sp³-hybridized carbons (Fsp3) is 0.600. The summed E-state index contributed by atoms with van der Waals surface area (Å²) in [6.45, 7) is 0.660. The maximum atomic E-state index is 11.0. The van der Waals surface area contributed by atoms with Gasteiger partial charge in [-0.2, -0.15) is 0 Å². The highest BCUT2D eigenvalue weighted by Crippen LogP contribution is 2.20. The molecule has 1 aromatic rings. The molecule has 6 heteroatoms. The average Bonchev–Trinajstić information content (AvgIpc) is 2.57. The lowest BCUT2D eigenvalue weighted by molar-refractivity contribution is 0.0689. The van der Waals surface area contributed by atoms with Crippen LogP contribution in [0.5, 0.6) is 0 Å². The number of hydrogen-bond donors (Lipinski definition) is 3. The van der Waals surface area contributed by atoms with Crippen LogP contribution in [0.15, 0.2) is 0 Å². The van der Waals surface area contributed by atoms with Crippen LogP contribution in [0.2, 0.25) is 0 Å². The van der Waals surface area contributed by atoms with Gasteiger partial charge in [-0.05, 0) is 6.42 Å². The summed E-state index contributed by atoms with van der Waals surface area (Å²) in [6.07, 6.45) is 1.75. The largest absolute Gasteiger partial charge is 0.476 e. The predicted molar refractivity (Wildman–Crippen MR) is 56.3 cm³/mol. The van der Waals surface area contributed by atoms with Crippen molar-refractivity contribution in [2.75, 3.05) is 6.61 Å². The van der Waals surface area contributed by atoms with Crippen molar-refractivity contribution in [1.29, 1.82) is 0 Å². The number of aromatic carboxylic acids is 1. The summed E-state index contributed by atoms with van der Waals surface area (Å²) in [5, 5.41) is 17.9. The number of imidazole rings is 1. The highest BCUT2D eigenvalue weighted by atomic mass is 16.4. The third-order valence-electron chi connectivity index (χ3n) is 2.87. The normalized spacial score (nSPS) is 19.5. The van der Waals surface area contributed by atoms with Crippen LogP contribution in [0.1, 0.15) is 28.4 Å². The van der Waals surface area contributed by atoms with Crippen molar-refractivity contribution < 1.29 is 15.0 Å². The van der Waals surface area contributed by atoms with Crippen LogP contribution >= 0.6 is 0 Å². The molecule has 6 nitrogen and oxygen atoms in total. The van der Waals surface area contributed by atoms with Crippen molar-refractivity contribution in [1.82, 2.24) is 9.55 Å². The van der Waals surface area contributed by atoms with Crippen LogP contribution < -0.4 is 5.73 Å². The van der Waals surface area contributed by atoms with Gasteiger partial charge in [-0.1, -0.05) is 0 Å². The number of nitrogens with zero attached hydrogens (tertiary/aromatic N) is 2. The molecular formula is C10H15N3O3. The van der Waals surface area contributed by atoms with Gasteiger partial charge in [0, 0.05) is 25.4 Å². The fourth-order valence-corrected chi connectivity index (χ4v) is 2.12. The Labute approximate surface area is 92.7 Å².